The van der Waals surface area contributed by atoms with Gasteiger partial charge in [-0.2, -0.15) is 0 Å². The van der Waals surface area contributed by atoms with E-state index in [1.807, 2.05) is 18.2 Å². The molecule has 0 saturated carbocycles. The van der Waals surface area contributed by atoms with Crippen LogP contribution in [-0.4, -0.2) is 0 Å². The van der Waals surface area contributed by atoms with E-state index in [1.54, 1.807) is 12.2 Å². The molecule has 0 bridgehead atoms. The van der Waals surface area contributed by atoms with Crippen LogP contribution in [0.1, 0.15) is 11.1 Å². The summed E-state index contributed by atoms with van der Waals surface area (Å²) in [7, 11) is 0. The Kier molecular flexibility index (Phi) is 2.12. The van der Waals surface area contributed by atoms with Crippen LogP contribution in [0.3, 0.4) is 0 Å². The lowest BCUT2D eigenvalue weighted by molar-refractivity contribution is 1.61. The molecule has 0 aliphatic rings. The van der Waals surface area contributed by atoms with Gasteiger partial charge in [-0.1, -0.05) is 31.4 Å². The van der Waals surface area contributed by atoms with Crippen LogP contribution in [0.4, 0.5) is 5.69 Å². The average molecular weight is 145 g/mol. The quantitative estimate of drug-likeness (QED) is 0.636. The van der Waals surface area contributed by atoms with Crippen molar-refractivity contribution in [3.8, 4) is 0 Å². The van der Waals surface area contributed by atoms with E-state index in [1.165, 1.54) is 0 Å². The van der Waals surface area contributed by atoms with Crippen LogP contribution < -0.4 is 5.73 Å². The van der Waals surface area contributed by atoms with Gasteiger partial charge in [0.1, 0.15) is 0 Å². The molecule has 1 aromatic carbocycles. The summed E-state index contributed by atoms with van der Waals surface area (Å²) >= 11 is 0. The topological polar surface area (TPSA) is 26.0 Å². The van der Waals surface area contributed by atoms with Gasteiger partial charge < -0.3 is 5.73 Å². The molecule has 1 aromatic rings. The lowest BCUT2D eigenvalue weighted by Crippen LogP contribution is -1.88. The van der Waals surface area contributed by atoms with Crippen molar-refractivity contribution in [3.05, 3.63) is 42.5 Å². The molecule has 0 unspecified atom stereocenters. The van der Waals surface area contributed by atoms with Crippen molar-refractivity contribution in [1.82, 2.24) is 0 Å². The minimum atomic E-state index is 0.755. The van der Waals surface area contributed by atoms with Crippen molar-refractivity contribution in [2.75, 3.05) is 5.73 Å². The molecule has 0 spiro atoms. The molecule has 0 atom stereocenters. The second kappa shape index (κ2) is 3.06. The lowest BCUT2D eigenvalue weighted by atomic mass is 10.1. The molecule has 56 valence electrons. The first kappa shape index (κ1) is 7.61. The highest BCUT2D eigenvalue weighted by Gasteiger charge is 1.93. The van der Waals surface area contributed by atoms with Crippen molar-refractivity contribution in [1.29, 1.82) is 0 Å². The maximum atomic E-state index is 5.65. The number of nitrogen functional groups attached to an aromatic ring is 1. The van der Waals surface area contributed by atoms with Gasteiger partial charge in [0.15, 0.2) is 0 Å². The Morgan fingerprint density at radius 2 is 1.91 bits per heavy atom. The van der Waals surface area contributed by atoms with E-state index in [0.29, 0.717) is 0 Å². The lowest BCUT2D eigenvalue weighted by Gasteiger charge is -2.00. The Hall–Kier alpha value is -1.50. The van der Waals surface area contributed by atoms with E-state index in [4.69, 9.17) is 5.73 Å². The van der Waals surface area contributed by atoms with E-state index in [0.717, 1.165) is 16.8 Å². The van der Waals surface area contributed by atoms with Crippen LogP contribution in [0, 0.1) is 0 Å². The van der Waals surface area contributed by atoms with Gasteiger partial charge in [0, 0.05) is 5.69 Å². The highest BCUT2D eigenvalue weighted by molar-refractivity contribution is 5.67. The van der Waals surface area contributed by atoms with Gasteiger partial charge in [-0.25, -0.2) is 0 Å². The summed E-state index contributed by atoms with van der Waals surface area (Å²) in [4.78, 5) is 0. The molecule has 0 amide bonds. The van der Waals surface area contributed by atoms with Gasteiger partial charge >= 0.3 is 0 Å². The van der Waals surface area contributed by atoms with Gasteiger partial charge in [0.2, 0.25) is 0 Å². The molecule has 0 aliphatic carbocycles. The predicted molar refractivity (Wildman–Crippen MR) is 51.0 cm³/mol. The fraction of sp³-hybridized carbons (Fsp3) is 0. The summed E-state index contributed by atoms with van der Waals surface area (Å²) in [5.74, 6) is 0. The standard InChI is InChI=1S/C10H11N/c1-3-8-5-6-10(11)9(4-2)7-8/h3-7H,1-2,11H2. The highest BCUT2D eigenvalue weighted by Crippen LogP contribution is 2.15. The third-order valence-corrected chi connectivity index (χ3v) is 1.57. The Morgan fingerprint density at radius 3 is 2.45 bits per heavy atom. The van der Waals surface area contributed by atoms with E-state index in [2.05, 4.69) is 13.2 Å². The van der Waals surface area contributed by atoms with Gasteiger partial charge in [-0.3, -0.25) is 0 Å². The first-order valence-electron chi connectivity index (χ1n) is 3.42. The van der Waals surface area contributed by atoms with Gasteiger partial charge in [0.05, 0.1) is 0 Å². The monoisotopic (exact) mass is 145 g/mol. The van der Waals surface area contributed by atoms with E-state index in [9.17, 15) is 0 Å². The smallest absolute Gasteiger partial charge is 0.0387 e. The number of hydrogen-bond donors (Lipinski definition) is 1. The van der Waals surface area contributed by atoms with Crippen LogP contribution in [-0.2, 0) is 0 Å². The molecule has 0 heterocycles. The van der Waals surface area contributed by atoms with Crippen LogP contribution in [0.2, 0.25) is 0 Å². The minimum Gasteiger partial charge on any atom is -0.398 e. The zero-order chi connectivity index (χ0) is 8.27. The molecule has 1 heteroatoms. The van der Waals surface area contributed by atoms with Crippen molar-refractivity contribution in [3.63, 3.8) is 0 Å². The second-order valence-corrected chi connectivity index (χ2v) is 2.30. The molecule has 1 nitrogen and oxygen atoms in total. The average Bonchev–Trinajstić information content (AvgIpc) is 2.05. The van der Waals surface area contributed by atoms with Crippen LogP contribution in [0.25, 0.3) is 12.2 Å². The number of nitrogens with two attached hydrogens (primary N) is 1. The van der Waals surface area contributed by atoms with Gasteiger partial charge in [-0.15, -0.1) is 0 Å². The molecular weight excluding hydrogens is 134 g/mol. The zero-order valence-corrected chi connectivity index (χ0v) is 6.38. The molecule has 1 rings (SSSR count). The Balaban J connectivity index is 3.22. The van der Waals surface area contributed by atoms with Crippen LogP contribution in [0.5, 0.6) is 0 Å². The summed E-state index contributed by atoms with van der Waals surface area (Å²) < 4.78 is 0. The minimum absolute atomic E-state index is 0.755. The maximum absolute atomic E-state index is 5.65. The third kappa shape index (κ3) is 1.49. The van der Waals surface area contributed by atoms with Gasteiger partial charge in [0.25, 0.3) is 0 Å². The maximum Gasteiger partial charge on any atom is 0.0387 e. The van der Waals surface area contributed by atoms with E-state index in [-0.39, 0.29) is 0 Å². The number of hydrogen-bond acceptors (Lipinski definition) is 1. The summed E-state index contributed by atoms with van der Waals surface area (Å²) in [6, 6.07) is 5.73. The largest absolute Gasteiger partial charge is 0.398 e. The molecule has 0 saturated heterocycles. The molecule has 0 radical (unpaired) electrons. The Bertz CT molecular complexity index is 287. The van der Waals surface area contributed by atoms with Crippen molar-refractivity contribution in [2.45, 2.75) is 0 Å². The summed E-state index contributed by atoms with van der Waals surface area (Å²) in [6.45, 7) is 7.31. The molecule has 0 fully saturated rings. The van der Waals surface area contributed by atoms with Crippen LogP contribution >= 0.6 is 0 Å². The second-order valence-electron chi connectivity index (χ2n) is 2.30. The predicted octanol–water partition coefficient (Wildman–Crippen LogP) is 2.55. The van der Waals surface area contributed by atoms with E-state index < -0.39 is 0 Å². The normalized spacial score (nSPS) is 9.09. The SMILES string of the molecule is C=Cc1ccc(N)c(C=C)c1. The molecule has 2 N–H and O–H groups in total. The zero-order valence-electron chi connectivity index (χ0n) is 6.38. The van der Waals surface area contributed by atoms with E-state index >= 15 is 0 Å². The fourth-order valence-corrected chi connectivity index (χ4v) is 0.897. The highest BCUT2D eigenvalue weighted by atomic mass is 14.5. The molecular formula is C10H11N. The van der Waals surface area contributed by atoms with Crippen molar-refractivity contribution < 1.29 is 0 Å². The van der Waals surface area contributed by atoms with Gasteiger partial charge in [-0.05, 0) is 23.3 Å². The summed E-state index contributed by atoms with van der Waals surface area (Å²) in [6.07, 6.45) is 3.52. The first-order chi connectivity index (χ1) is 5.27. The fourth-order valence-electron chi connectivity index (χ4n) is 0.897. The van der Waals surface area contributed by atoms with Crippen LogP contribution in [0.15, 0.2) is 31.4 Å². The number of benzene rings is 1. The molecule has 0 aromatic heterocycles. The third-order valence-electron chi connectivity index (χ3n) is 1.57. The number of anilines is 1. The molecule has 0 aliphatic heterocycles. The van der Waals surface area contributed by atoms with Crippen molar-refractivity contribution >= 4 is 17.8 Å². The Morgan fingerprint density at radius 1 is 1.18 bits per heavy atom. The summed E-state index contributed by atoms with van der Waals surface area (Å²) in [5, 5.41) is 0. The Labute approximate surface area is 66.9 Å². The number of rotatable bonds is 2. The van der Waals surface area contributed by atoms with Crippen molar-refractivity contribution in [2.24, 2.45) is 0 Å². The first-order valence-corrected chi connectivity index (χ1v) is 3.42. The summed E-state index contributed by atoms with van der Waals surface area (Å²) in [5.41, 5.74) is 8.43. The molecule has 11 heavy (non-hydrogen) atoms.